The monoisotopic (exact) mass is 310 g/mol. The third-order valence-corrected chi connectivity index (χ3v) is 3.90. The fraction of sp³-hybridized carbons (Fsp3) is 0.294. The molecule has 0 bridgehead atoms. The molecule has 1 nitrogen and oxygen atoms in total. The maximum Gasteiger partial charge on any atom is 0.162 e. The summed E-state index contributed by atoms with van der Waals surface area (Å²) in [7, 11) is 1.61. The lowest BCUT2D eigenvalue weighted by Gasteiger charge is -2.16. The summed E-state index contributed by atoms with van der Waals surface area (Å²) in [5, 5.41) is 0. The number of methoxy groups -OCH3 is 1. The molecule has 1 atom stereocenters. The molecular formula is C17H17ClF2O. The van der Waals surface area contributed by atoms with Crippen LogP contribution in [-0.4, -0.2) is 13.0 Å². The van der Waals surface area contributed by atoms with E-state index in [0.29, 0.717) is 24.3 Å². The van der Waals surface area contributed by atoms with Crippen LogP contribution in [0.5, 0.6) is 5.75 Å². The van der Waals surface area contributed by atoms with Gasteiger partial charge >= 0.3 is 0 Å². The summed E-state index contributed by atoms with van der Waals surface area (Å²) in [6.45, 7) is 0. The first kappa shape index (κ1) is 15.8. The van der Waals surface area contributed by atoms with Crippen LogP contribution in [-0.2, 0) is 12.8 Å². The second kappa shape index (κ2) is 7.41. The smallest absolute Gasteiger partial charge is 0.162 e. The Hall–Kier alpha value is -1.61. The highest BCUT2D eigenvalue weighted by atomic mass is 35.5. The predicted molar refractivity (Wildman–Crippen MR) is 81.0 cm³/mol. The summed E-state index contributed by atoms with van der Waals surface area (Å²) in [4.78, 5) is 0. The highest BCUT2D eigenvalue weighted by Crippen LogP contribution is 2.24. The minimum Gasteiger partial charge on any atom is -0.496 e. The quantitative estimate of drug-likeness (QED) is 0.708. The molecule has 0 heterocycles. The number of ether oxygens (including phenoxy) is 1. The number of rotatable bonds is 6. The molecule has 4 heteroatoms. The van der Waals surface area contributed by atoms with Gasteiger partial charge in [0.05, 0.1) is 7.11 Å². The van der Waals surface area contributed by atoms with Gasteiger partial charge in [-0.05, 0) is 42.0 Å². The van der Waals surface area contributed by atoms with Crippen molar-refractivity contribution in [2.45, 2.75) is 12.8 Å². The van der Waals surface area contributed by atoms with Gasteiger partial charge < -0.3 is 4.74 Å². The summed E-state index contributed by atoms with van der Waals surface area (Å²) in [5.41, 5.74) is 1.37. The third-order valence-electron chi connectivity index (χ3n) is 3.46. The lowest BCUT2D eigenvalue weighted by molar-refractivity contribution is 0.405. The molecule has 0 fully saturated rings. The Balaban J connectivity index is 2.15. The number of hydrogen-bond donors (Lipinski definition) is 0. The predicted octanol–water partition coefficient (Wildman–Crippen LogP) is 4.61. The van der Waals surface area contributed by atoms with Gasteiger partial charge in [0.2, 0.25) is 0 Å². The average molecular weight is 311 g/mol. The average Bonchev–Trinajstić information content (AvgIpc) is 2.51. The van der Waals surface area contributed by atoms with Gasteiger partial charge in [-0.3, -0.25) is 0 Å². The first-order valence-corrected chi connectivity index (χ1v) is 7.30. The molecule has 2 aromatic carbocycles. The van der Waals surface area contributed by atoms with Gasteiger partial charge in [-0.25, -0.2) is 8.78 Å². The largest absolute Gasteiger partial charge is 0.496 e. The Morgan fingerprint density at radius 3 is 2.38 bits per heavy atom. The summed E-state index contributed by atoms with van der Waals surface area (Å²) < 4.78 is 32.3. The number of alkyl halides is 1. The number of para-hydroxylation sites is 1. The van der Waals surface area contributed by atoms with E-state index in [1.165, 1.54) is 6.07 Å². The molecule has 1 unspecified atom stereocenters. The standard InChI is InChI=1S/C17H17ClF2O/c1-21-16-8-3-2-5-13(16)9-12(11-18)10-14-6-4-7-15(19)17(14)20/h2-8,12H,9-11H2,1H3. The van der Waals surface area contributed by atoms with E-state index in [2.05, 4.69) is 0 Å². The van der Waals surface area contributed by atoms with E-state index in [1.807, 2.05) is 24.3 Å². The van der Waals surface area contributed by atoms with Crippen LogP contribution >= 0.6 is 11.6 Å². The third kappa shape index (κ3) is 3.94. The van der Waals surface area contributed by atoms with Gasteiger partial charge in [-0.15, -0.1) is 11.6 Å². The zero-order chi connectivity index (χ0) is 15.2. The number of benzene rings is 2. The maximum absolute atomic E-state index is 13.7. The van der Waals surface area contributed by atoms with E-state index in [1.54, 1.807) is 13.2 Å². The second-order valence-corrected chi connectivity index (χ2v) is 5.26. The zero-order valence-corrected chi connectivity index (χ0v) is 12.5. The second-order valence-electron chi connectivity index (χ2n) is 4.95. The minimum absolute atomic E-state index is 0.0132. The van der Waals surface area contributed by atoms with Crippen molar-refractivity contribution in [2.24, 2.45) is 5.92 Å². The highest BCUT2D eigenvalue weighted by Gasteiger charge is 2.16. The van der Waals surface area contributed by atoms with E-state index in [4.69, 9.17) is 16.3 Å². The molecular weight excluding hydrogens is 294 g/mol. The van der Waals surface area contributed by atoms with E-state index in [-0.39, 0.29) is 5.92 Å². The lowest BCUT2D eigenvalue weighted by atomic mass is 9.93. The maximum atomic E-state index is 13.7. The topological polar surface area (TPSA) is 9.23 Å². The van der Waals surface area contributed by atoms with Gasteiger partial charge in [-0.1, -0.05) is 30.3 Å². The molecule has 0 amide bonds. The van der Waals surface area contributed by atoms with Crippen molar-refractivity contribution in [1.82, 2.24) is 0 Å². The molecule has 0 aliphatic heterocycles. The molecule has 0 radical (unpaired) electrons. The molecule has 0 N–H and O–H groups in total. The van der Waals surface area contributed by atoms with Crippen molar-refractivity contribution in [3.63, 3.8) is 0 Å². The molecule has 2 aromatic rings. The Kier molecular flexibility index (Phi) is 5.57. The fourth-order valence-corrected chi connectivity index (χ4v) is 2.60. The molecule has 21 heavy (non-hydrogen) atoms. The van der Waals surface area contributed by atoms with Crippen LogP contribution in [0.4, 0.5) is 8.78 Å². The minimum atomic E-state index is -0.821. The molecule has 0 spiro atoms. The fourth-order valence-electron chi connectivity index (χ4n) is 2.38. The highest BCUT2D eigenvalue weighted by molar-refractivity contribution is 6.18. The summed E-state index contributed by atoms with van der Waals surface area (Å²) in [6, 6.07) is 11.9. The van der Waals surface area contributed by atoms with Crippen LogP contribution in [0.2, 0.25) is 0 Å². The van der Waals surface area contributed by atoms with Gasteiger partial charge in [0.1, 0.15) is 5.75 Å². The normalized spacial score (nSPS) is 12.2. The number of halogens is 3. The van der Waals surface area contributed by atoms with Crippen LogP contribution in [0.1, 0.15) is 11.1 Å². The van der Waals surface area contributed by atoms with Crippen molar-refractivity contribution in [3.8, 4) is 5.75 Å². The summed E-state index contributed by atoms with van der Waals surface area (Å²) >= 11 is 6.00. The summed E-state index contributed by atoms with van der Waals surface area (Å²) in [6.07, 6.45) is 1.05. The van der Waals surface area contributed by atoms with Crippen LogP contribution in [0, 0.1) is 17.6 Å². The Bertz CT molecular complexity index is 601. The SMILES string of the molecule is COc1ccccc1CC(CCl)Cc1cccc(F)c1F. The van der Waals surface area contributed by atoms with Gasteiger partial charge in [0.25, 0.3) is 0 Å². The van der Waals surface area contributed by atoms with Crippen molar-refractivity contribution in [2.75, 3.05) is 13.0 Å². The van der Waals surface area contributed by atoms with Crippen LogP contribution < -0.4 is 4.74 Å². The molecule has 112 valence electrons. The number of hydrogen-bond acceptors (Lipinski definition) is 1. The van der Waals surface area contributed by atoms with Crippen molar-refractivity contribution in [1.29, 1.82) is 0 Å². The van der Waals surface area contributed by atoms with Crippen molar-refractivity contribution < 1.29 is 13.5 Å². The lowest BCUT2D eigenvalue weighted by Crippen LogP contribution is -2.12. The Labute approximate surface area is 128 Å². The van der Waals surface area contributed by atoms with E-state index in [0.717, 1.165) is 17.4 Å². The molecule has 0 saturated heterocycles. The molecule has 0 aliphatic rings. The van der Waals surface area contributed by atoms with Crippen LogP contribution in [0.25, 0.3) is 0 Å². The van der Waals surface area contributed by atoms with Crippen LogP contribution in [0.3, 0.4) is 0 Å². The Morgan fingerprint density at radius 1 is 1.00 bits per heavy atom. The van der Waals surface area contributed by atoms with Crippen LogP contribution in [0.15, 0.2) is 42.5 Å². The van der Waals surface area contributed by atoms with Gasteiger partial charge in [0, 0.05) is 5.88 Å². The van der Waals surface area contributed by atoms with Crippen molar-refractivity contribution >= 4 is 11.6 Å². The van der Waals surface area contributed by atoms with E-state index < -0.39 is 11.6 Å². The van der Waals surface area contributed by atoms with Gasteiger partial charge in [-0.2, -0.15) is 0 Å². The van der Waals surface area contributed by atoms with E-state index in [9.17, 15) is 8.78 Å². The Morgan fingerprint density at radius 2 is 1.67 bits per heavy atom. The first-order valence-electron chi connectivity index (χ1n) is 6.76. The molecule has 2 rings (SSSR count). The van der Waals surface area contributed by atoms with Gasteiger partial charge in [0.15, 0.2) is 11.6 Å². The first-order chi connectivity index (χ1) is 10.2. The molecule has 0 saturated carbocycles. The molecule has 0 aliphatic carbocycles. The summed E-state index contributed by atoms with van der Waals surface area (Å²) in [5.74, 6) is -0.439. The van der Waals surface area contributed by atoms with E-state index >= 15 is 0 Å². The molecule has 0 aromatic heterocycles. The zero-order valence-electron chi connectivity index (χ0n) is 11.8. The van der Waals surface area contributed by atoms with Crippen molar-refractivity contribution in [3.05, 3.63) is 65.2 Å².